The molecule has 1 amide bonds. The molecule has 0 spiro atoms. The van der Waals surface area contributed by atoms with Crippen LogP contribution in [0.3, 0.4) is 0 Å². The number of aromatic nitrogens is 2. The number of hydrogen-bond acceptors (Lipinski definition) is 8. The lowest BCUT2D eigenvalue weighted by atomic mass is 10.0. The van der Waals surface area contributed by atoms with Gasteiger partial charge in [-0.05, 0) is 33.6 Å². The first-order valence-electron chi connectivity index (χ1n) is 8.36. The van der Waals surface area contributed by atoms with E-state index in [-0.39, 0.29) is 25.0 Å². The summed E-state index contributed by atoms with van der Waals surface area (Å²) < 4.78 is 15.5. The maximum absolute atomic E-state index is 12.0. The highest BCUT2D eigenvalue weighted by molar-refractivity contribution is 5.68. The molecule has 0 aromatic carbocycles. The van der Waals surface area contributed by atoms with Crippen molar-refractivity contribution in [3.63, 3.8) is 0 Å². The Morgan fingerprint density at radius 1 is 1.28 bits per heavy atom. The van der Waals surface area contributed by atoms with E-state index in [1.165, 1.54) is 7.11 Å². The summed E-state index contributed by atoms with van der Waals surface area (Å²) in [6, 6.07) is -0.649. The molecule has 1 aromatic rings. The van der Waals surface area contributed by atoms with Crippen LogP contribution in [-0.4, -0.2) is 51.9 Å². The number of amides is 1. The molecular formula is C16H29N3O6. The normalized spacial score (nSPS) is 14.2. The molecule has 0 radical (unpaired) electrons. The van der Waals surface area contributed by atoms with E-state index in [2.05, 4.69) is 15.5 Å². The van der Waals surface area contributed by atoms with Gasteiger partial charge in [0.1, 0.15) is 12.2 Å². The van der Waals surface area contributed by atoms with Gasteiger partial charge in [-0.1, -0.05) is 12.8 Å². The predicted octanol–water partition coefficient (Wildman–Crippen LogP) is 1.70. The fraction of sp³-hybridized carbons (Fsp3) is 0.812. The number of nitrogens with zero attached hydrogens (tertiary/aromatic N) is 2. The van der Waals surface area contributed by atoms with Gasteiger partial charge < -0.3 is 29.4 Å². The largest absolute Gasteiger partial charge is 0.444 e. The SMILES string of the molecule is COCc1nnc(C(O)C(CCCCCO)NC(=O)OC(C)(C)C)o1. The second-order valence-corrected chi connectivity index (χ2v) is 6.74. The van der Waals surface area contributed by atoms with Crippen molar-refractivity contribution in [2.45, 2.75) is 70.8 Å². The van der Waals surface area contributed by atoms with Crippen LogP contribution in [0.15, 0.2) is 4.42 Å². The number of ether oxygens (including phenoxy) is 2. The number of carbonyl (C=O) groups is 1. The van der Waals surface area contributed by atoms with Crippen LogP contribution in [0.1, 0.15) is 64.3 Å². The van der Waals surface area contributed by atoms with Crippen LogP contribution >= 0.6 is 0 Å². The summed E-state index contributed by atoms with van der Waals surface area (Å²) >= 11 is 0. The predicted molar refractivity (Wildman–Crippen MR) is 88.7 cm³/mol. The molecule has 0 saturated carbocycles. The lowest BCUT2D eigenvalue weighted by Gasteiger charge is -2.25. The van der Waals surface area contributed by atoms with E-state index >= 15 is 0 Å². The number of nitrogens with one attached hydrogen (secondary N) is 1. The Morgan fingerprint density at radius 3 is 2.60 bits per heavy atom. The van der Waals surface area contributed by atoms with Crippen molar-refractivity contribution < 1.29 is 28.9 Å². The molecule has 25 heavy (non-hydrogen) atoms. The standard InChI is InChI=1S/C16H29N3O6/c1-16(2,3)25-15(22)17-11(8-6-5-7-9-20)13(21)14-19-18-12(24-14)10-23-4/h11,13,20-21H,5-10H2,1-4H3,(H,17,22). The molecule has 0 fully saturated rings. The minimum absolute atomic E-state index is 0.00951. The Bertz CT molecular complexity index is 514. The molecule has 0 saturated heterocycles. The van der Waals surface area contributed by atoms with Crippen molar-refractivity contribution in [1.82, 2.24) is 15.5 Å². The second kappa shape index (κ2) is 10.3. The third kappa shape index (κ3) is 8.28. The van der Waals surface area contributed by atoms with Crippen molar-refractivity contribution in [3.05, 3.63) is 11.8 Å². The third-order valence-corrected chi connectivity index (χ3v) is 3.26. The van der Waals surface area contributed by atoms with Crippen LogP contribution in [0.25, 0.3) is 0 Å². The highest BCUT2D eigenvalue weighted by Gasteiger charge is 2.29. The number of aliphatic hydroxyl groups excluding tert-OH is 2. The molecule has 0 aliphatic heterocycles. The summed E-state index contributed by atoms with van der Waals surface area (Å²) in [5.41, 5.74) is -0.646. The van der Waals surface area contributed by atoms with Gasteiger partial charge in [-0.15, -0.1) is 10.2 Å². The van der Waals surface area contributed by atoms with Crippen molar-refractivity contribution in [1.29, 1.82) is 0 Å². The first-order valence-corrected chi connectivity index (χ1v) is 8.36. The Kier molecular flexibility index (Phi) is 8.81. The first-order chi connectivity index (χ1) is 11.8. The van der Waals surface area contributed by atoms with Crippen LogP contribution in [0.4, 0.5) is 4.79 Å². The molecular weight excluding hydrogens is 330 g/mol. The van der Waals surface area contributed by atoms with Crippen molar-refractivity contribution >= 4 is 6.09 Å². The zero-order valence-corrected chi connectivity index (χ0v) is 15.3. The van der Waals surface area contributed by atoms with E-state index in [1.54, 1.807) is 20.8 Å². The van der Waals surface area contributed by atoms with Crippen LogP contribution in [0, 0.1) is 0 Å². The lowest BCUT2D eigenvalue weighted by Crippen LogP contribution is -2.42. The summed E-state index contributed by atoms with van der Waals surface area (Å²) in [5.74, 6) is 0.253. The Balaban J connectivity index is 2.74. The molecule has 0 aliphatic rings. The molecule has 144 valence electrons. The highest BCUT2D eigenvalue weighted by Crippen LogP contribution is 2.21. The number of unbranched alkanes of at least 4 members (excludes halogenated alkanes) is 2. The highest BCUT2D eigenvalue weighted by atomic mass is 16.6. The molecule has 0 bridgehead atoms. The molecule has 9 nitrogen and oxygen atoms in total. The van der Waals surface area contributed by atoms with Gasteiger partial charge in [0.25, 0.3) is 0 Å². The van der Waals surface area contributed by atoms with Gasteiger partial charge >= 0.3 is 6.09 Å². The van der Waals surface area contributed by atoms with E-state index in [9.17, 15) is 9.90 Å². The molecule has 1 heterocycles. The maximum Gasteiger partial charge on any atom is 0.407 e. The summed E-state index contributed by atoms with van der Waals surface area (Å²) in [4.78, 5) is 12.0. The van der Waals surface area contributed by atoms with Crippen molar-refractivity contribution in [3.8, 4) is 0 Å². The smallest absolute Gasteiger partial charge is 0.407 e. The molecule has 1 rings (SSSR count). The number of hydrogen-bond donors (Lipinski definition) is 3. The fourth-order valence-corrected chi connectivity index (χ4v) is 2.16. The number of methoxy groups -OCH3 is 1. The first kappa shape index (κ1) is 21.3. The van der Waals surface area contributed by atoms with Gasteiger partial charge in [0.05, 0.1) is 6.04 Å². The summed E-state index contributed by atoms with van der Waals surface area (Å²) in [7, 11) is 1.49. The quantitative estimate of drug-likeness (QED) is 0.539. The summed E-state index contributed by atoms with van der Waals surface area (Å²) in [6.45, 7) is 5.52. The minimum Gasteiger partial charge on any atom is -0.444 e. The van der Waals surface area contributed by atoms with Crippen molar-refractivity contribution in [2.24, 2.45) is 0 Å². The Hall–Kier alpha value is -1.71. The van der Waals surface area contributed by atoms with Gasteiger partial charge in [0.15, 0.2) is 6.10 Å². The molecule has 9 heteroatoms. The van der Waals surface area contributed by atoms with Gasteiger partial charge in [-0.2, -0.15) is 0 Å². The molecule has 1 aromatic heterocycles. The van der Waals surface area contributed by atoms with E-state index in [0.717, 1.165) is 6.42 Å². The Morgan fingerprint density at radius 2 is 2.00 bits per heavy atom. The van der Waals surface area contributed by atoms with E-state index < -0.39 is 23.8 Å². The monoisotopic (exact) mass is 359 g/mol. The number of alkyl carbamates (subject to hydrolysis) is 1. The maximum atomic E-state index is 12.0. The van der Waals surface area contributed by atoms with Crippen molar-refractivity contribution in [2.75, 3.05) is 13.7 Å². The summed E-state index contributed by atoms with van der Waals surface area (Å²) in [6.07, 6.45) is 0.817. The number of aliphatic hydroxyl groups is 2. The van der Waals surface area contributed by atoms with Crippen LogP contribution in [0.5, 0.6) is 0 Å². The van der Waals surface area contributed by atoms with Crippen LogP contribution in [-0.2, 0) is 16.1 Å². The average molecular weight is 359 g/mol. The zero-order chi connectivity index (χ0) is 18.9. The van der Waals surface area contributed by atoms with Gasteiger partial charge in [-0.3, -0.25) is 0 Å². The molecule has 2 unspecified atom stereocenters. The third-order valence-electron chi connectivity index (χ3n) is 3.26. The lowest BCUT2D eigenvalue weighted by molar-refractivity contribution is 0.0370. The zero-order valence-electron chi connectivity index (χ0n) is 15.3. The Labute approximate surface area is 147 Å². The van der Waals surface area contributed by atoms with Gasteiger partial charge in [-0.25, -0.2) is 4.79 Å². The average Bonchev–Trinajstić information content (AvgIpc) is 2.97. The number of carbonyl (C=O) groups excluding carboxylic acids is 1. The van der Waals surface area contributed by atoms with E-state index in [0.29, 0.717) is 19.3 Å². The van der Waals surface area contributed by atoms with E-state index in [1.807, 2.05) is 0 Å². The number of rotatable bonds is 10. The molecule has 0 aliphatic carbocycles. The van der Waals surface area contributed by atoms with E-state index in [4.69, 9.17) is 19.0 Å². The summed E-state index contributed by atoms with van der Waals surface area (Å²) in [5, 5.41) is 29.6. The minimum atomic E-state index is -1.17. The van der Waals surface area contributed by atoms with Gasteiger partial charge in [0.2, 0.25) is 11.8 Å². The van der Waals surface area contributed by atoms with Gasteiger partial charge in [0, 0.05) is 13.7 Å². The second-order valence-electron chi connectivity index (χ2n) is 6.74. The topological polar surface area (TPSA) is 127 Å². The fourth-order valence-electron chi connectivity index (χ4n) is 2.16. The molecule has 3 N–H and O–H groups in total. The molecule has 2 atom stereocenters. The van der Waals surface area contributed by atoms with Crippen LogP contribution in [0.2, 0.25) is 0 Å². The van der Waals surface area contributed by atoms with Crippen LogP contribution < -0.4 is 5.32 Å².